The fourth-order valence-corrected chi connectivity index (χ4v) is 4.89. The zero-order chi connectivity index (χ0) is 22.1. The molecule has 1 aromatic heterocycles. The summed E-state index contributed by atoms with van der Waals surface area (Å²) in [5.74, 6) is -0.907. The van der Waals surface area contributed by atoms with Gasteiger partial charge in [0, 0.05) is 5.56 Å². The predicted molar refractivity (Wildman–Crippen MR) is 118 cm³/mol. The van der Waals surface area contributed by atoms with E-state index in [1.54, 1.807) is 54.6 Å². The molecule has 0 spiro atoms. The number of hydrogen-bond acceptors (Lipinski definition) is 6. The van der Waals surface area contributed by atoms with Gasteiger partial charge in [-0.25, -0.2) is 14.3 Å². The number of rotatable bonds is 4. The van der Waals surface area contributed by atoms with Gasteiger partial charge in [0.05, 0.1) is 25.1 Å². The van der Waals surface area contributed by atoms with Gasteiger partial charge in [0.25, 0.3) is 0 Å². The number of aromatic nitrogens is 1. The van der Waals surface area contributed by atoms with E-state index in [4.69, 9.17) is 4.74 Å². The molecule has 0 aliphatic carbocycles. The minimum atomic E-state index is -0.696. The predicted octanol–water partition coefficient (Wildman–Crippen LogP) is 3.01. The number of esters is 1. The van der Waals surface area contributed by atoms with Crippen LogP contribution in [0.4, 0.5) is 5.13 Å². The molecule has 0 radical (unpaired) electrons. The van der Waals surface area contributed by atoms with Gasteiger partial charge in [-0.05, 0) is 30.7 Å². The van der Waals surface area contributed by atoms with Gasteiger partial charge >= 0.3 is 11.1 Å². The quantitative estimate of drug-likeness (QED) is 0.466. The molecule has 0 saturated heterocycles. The molecule has 0 amide bonds. The van der Waals surface area contributed by atoms with Crippen molar-refractivity contribution >= 4 is 22.4 Å². The highest BCUT2D eigenvalue weighted by molar-refractivity contribution is 7.13. The van der Waals surface area contributed by atoms with Crippen molar-refractivity contribution < 1.29 is 19.2 Å². The van der Waals surface area contributed by atoms with E-state index < -0.39 is 17.9 Å². The Morgan fingerprint density at radius 3 is 2.35 bits per heavy atom. The summed E-state index contributed by atoms with van der Waals surface area (Å²) in [4.78, 5) is 27.7. The van der Waals surface area contributed by atoms with Crippen LogP contribution < -0.4 is 19.3 Å². The molecule has 0 N–H and O–H groups in total. The molecule has 158 valence electrons. The van der Waals surface area contributed by atoms with E-state index in [0.29, 0.717) is 22.0 Å². The zero-order valence-corrected chi connectivity index (χ0v) is 18.3. The topological polar surface area (TPSA) is 73.5 Å². The third kappa shape index (κ3) is 3.51. The van der Waals surface area contributed by atoms with Gasteiger partial charge in [0.2, 0.25) is 4.74 Å². The molecule has 1 unspecified atom stereocenters. The van der Waals surface area contributed by atoms with Crippen LogP contribution in [-0.4, -0.2) is 19.6 Å². The summed E-state index contributed by atoms with van der Waals surface area (Å²) in [6.07, 6.45) is 0. The Morgan fingerprint density at radius 1 is 1.13 bits per heavy atom. The SMILES string of the molecule is CCOC(=O)C1=C(C)N(C)c2sc(=O)c(-c3ccccc3)c([O-])[n+]2C1c1ccccc1. The largest absolute Gasteiger partial charge is 0.842 e. The van der Waals surface area contributed by atoms with Crippen LogP contribution in [-0.2, 0) is 9.53 Å². The van der Waals surface area contributed by atoms with E-state index in [1.165, 1.54) is 0 Å². The standard InChI is InChI=1S/C24H22N2O4S/c1-4-30-22(28)18-15(2)25(3)24-26(20(18)17-13-9-6-10-14-17)21(27)19(23(29)31-24)16-11-7-5-8-12-16/h5-14,20H,4H2,1-3H3. The van der Waals surface area contributed by atoms with Crippen LogP contribution in [0.3, 0.4) is 0 Å². The highest BCUT2D eigenvalue weighted by Crippen LogP contribution is 2.38. The van der Waals surface area contributed by atoms with E-state index in [2.05, 4.69) is 0 Å². The summed E-state index contributed by atoms with van der Waals surface area (Å²) in [5.41, 5.74) is 2.46. The third-order valence-corrected chi connectivity index (χ3v) is 6.45. The van der Waals surface area contributed by atoms with Crippen molar-refractivity contribution in [3.05, 3.63) is 87.0 Å². The number of carbonyl (C=O) groups is 1. The Morgan fingerprint density at radius 2 is 1.74 bits per heavy atom. The Hall–Kier alpha value is -3.45. The maximum absolute atomic E-state index is 13.8. The lowest BCUT2D eigenvalue weighted by Gasteiger charge is -2.32. The molecule has 4 rings (SSSR count). The number of allylic oxidation sites excluding steroid dienone is 1. The molecule has 2 heterocycles. The van der Waals surface area contributed by atoms with Crippen molar-refractivity contribution in [2.45, 2.75) is 19.9 Å². The summed E-state index contributed by atoms with van der Waals surface area (Å²) in [6, 6.07) is 17.5. The highest BCUT2D eigenvalue weighted by Gasteiger charge is 2.43. The Balaban J connectivity index is 2.06. The van der Waals surface area contributed by atoms with Crippen molar-refractivity contribution in [3.8, 4) is 17.0 Å². The average Bonchev–Trinajstić information content (AvgIpc) is 2.77. The Bertz CT molecular complexity index is 1220. The Kier molecular flexibility index (Phi) is 5.61. The van der Waals surface area contributed by atoms with Crippen LogP contribution in [0.1, 0.15) is 25.5 Å². The Labute approximate surface area is 184 Å². The smallest absolute Gasteiger partial charge is 0.344 e. The van der Waals surface area contributed by atoms with E-state index in [1.807, 2.05) is 36.4 Å². The fraction of sp³-hybridized carbons (Fsp3) is 0.208. The van der Waals surface area contributed by atoms with Crippen molar-refractivity contribution in [2.24, 2.45) is 0 Å². The molecular formula is C24H22N2O4S. The first-order valence-corrected chi connectivity index (χ1v) is 10.8. The molecule has 3 aromatic rings. The number of carbonyl (C=O) groups excluding carboxylic acids is 1. The van der Waals surface area contributed by atoms with Crippen molar-refractivity contribution in [2.75, 3.05) is 18.6 Å². The van der Waals surface area contributed by atoms with Crippen LogP contribution in [0.5, 0.6) is 5.88 Å². The van der Waals surface area contributed by atoms with Gasteiger partial charge in [-0.2, -0.15) is 0 Å². The molecule has 0 bridgehead atoms. The summed E-state index contributed by atoms with van der Waals surface area (Å²) in [5, 5.41) is 14.2. The van der Waals surface area contributed by atoms with E-state index in [9.17, 15) is 14.7 Å². The van der Waals surface area contributed by atoms with Crippen molar-refractivity contribution in [1.82, 2.24) is 0 Å². The fourth-order valence-electron chi connectivity index (χ4n) is 3.85. The molecule has 1 aliphatic heterocycles. The monoisotopic (exact) mass is 434 g/mol. The molecular weight excluding hydrogens is 412 g/mol. The lowest BCUT2D eigenvalue weighted by Crippen LogP contribution is -2.53. The number of nitrogens with zero attached hydrogens (tertiary/aromatic N) is 2. The van der Waals surface area contributed by atoms with Crippen LogP contribution >= 0.6 is 11.3 Å². The molecule has 6 nitrogen and oxygen atoms in total. The third-order valence-electron chi connectivity index (χ3n) is 5.41. The van der Waals surface area contributed by atoms with E-state index in [0.717, 1.165) is 16.9 Å². The second-order valence-corrected chi connectivity index (χ2v) is 8.12. The second-order valence-electron chi connectivity index (χ2n) is 7.18. The minimum absolute atomic E-state index is 0.103. The van der Waals surface area contributed by atoms with Gasteiger partial charge < -0.3 is 9.84 Å². The molecule has 0 saturated carbocycles. The first-order chi connectivity index (χ1) is 15.0. The number of anilines is 1. The minimum Gasteiger partial charge on any atom is -0.842 e. The van der Waals surface area contributed by atoms with Crippen molar-refractivity contribution in [1.29, 1.82) is 0 Å². The van der Waals surface area contributed by atoms with Gasteiger partial charge in [0.15, 0.2) is 6.04 Å². The van der Waals surface area contributed by atoms with Crippen LogP contribution in [0.2, 0.25) is 0 Å². The summed E-state index contributed by atoms with van der Waals surface area (Å²) in [7, 11) is 1.75. The number of ether oxygens (including phenoxy) is 1. The summed E-state index contributed by atoms with van der Waals surface area (Å²) in [6.45, 7) is 3.77. The van der Waals surface area contributed by atoms with Crippen LogP contribution in [0, 0.1) is 0 Å². The lowest BCUT2D eigenvalue weighted by atomic mass is 9.94. The maximum Gasteiger partial charge on any atom is 0.344 e. The first-order valence-electron chi connectivity index (χ1n) is 9.97. The van der Waals surface area contributed by atoms with Gasteiger partial charge in [0.1, 0.15) is 11.3 Å². The number of benzene rings is 2. The summed E-state index contributed by atoms with van der Waals surface area (Å²) >= 11 is 1.000. The van der Waals surface area contributed by atoms with Gasteiger partial charge in [-0.3, -0.25) is 4.79 Å². The number of fused-ring (bicyclic) bond motifs is 1. The maximum atomic E-state index is 13.8. The van der Waals surface area contributed by atoms with Gasteiger partial charge in [-0.1, -0.05) is 60.7 Å². The van der Waals surface area contributed by atoms with Gasteiger partial charge in [-0.15, -0.1) is 0 Å². The second kappa shape index (κ2) is 8.35. The molecule has 7 heteroatoms. The first kappa shape index (κ1) is 20.8. The average molecular weight is 435 g/mol. The number of hydrogen-bond donors (Lipinski definition) is 0. The lowest BCUT2D eigenvalue weighted by molar-refractivity contribution is -0.730. The molecule has 2 aromatic carbocycles. The van der Waals surface area contributed by atoms with E-state index >= 15 is 0 Å². The van der Waals surface area contributed by atoms with Crippen molar-refractivity contribution in [3.63, 3.8) is 0 Å². The van der Waals surface area contributed by atoms with Crippen LogP contribution in [0.25, 0.3) is 11.1 Å². The van der Waals surface area contributed by atoms with E-state index in [-0.39, 0.29) is 16.9 Å². The molecule has 1 atom stereocenters. The summed E-state index contributed by atoms with van der Waals surface area (Å²) < 4.78 is 6.58. The highest BCUT2D eigenvalue weighted by atomic mass is 32.1. The van der Waals surface area contributed by atoms with Crippen LogP contribution in [0.15, 0.2) is 76.7 Å². The molecule has 0 fully saturated rings. The zero-order valence-electron chi connectivity index (χ0n) is 17.5. The normalized spacial score (nSPS) is 15.6. The molecule has 31 heavy (non-hydrogen) atoms. The molecule has 1 aliphatic rings.